The van der Waals surface area contributed by atoms with Crippen molar-refractivity contribution in [2.75, 3.05) is 11.2 Å². The predicted molar refractivity (Wildman–Crippen MR) is 80.9 cm³/mol. The molecule has 100 valence electrons. The molecule has 6 heteroatoms. The molecular formula is C14H11ClN4O. The van der Waals surface area contributed by atoms with Gasteiger partial charge in [0, 0.05) is 10.7 Å². The molecule has 1 heterocycles. The second-order valence-electron chi connectivity index (χ2n) is 4.26. The van der Waals surface area contributed by atoms with Crippen LogP contribution in [0.15, 0.2) is 53.3 Å². The Morgan fingerprint density at radius 3 is 2.75 bits per heavy atom. The third-order valence-electron chi connectivity index (χ3n) is 2.89. The number of fused-ring (bicyclic) bond motifs is 1. The van der Waals surface area contributed by atoms with E-state index in [1.165, 1.54) is 0 Å². The van der Waals surface area contributed by atoms with Gasteiger partial charge in [-0.2, -0.15) is 4.68 Å². The Labute approximate surface area is 119 Å². The number of anilines is 2. The molecule has 0 spiro atoms. The molecule has 0 saturated heterocycles. The van der Waals surface area contributed by atoms with Crippen molar-refractivity contribution in [3.63, 3.8) is 0 Å². The maximum atomic E-state index is 12.1. The van der Waals surface area contributed by atoms with Crippen molar-refractivity contribution in [1.82, 2.24) is 9.66 Å². The molecule has 0 radical (unpaired) electrons. The third kappa shape index (κ3) is 2.19. The summed E-state index contributed by atoms with van der Waals surface area (Å²) in [5.41, 5.74) is 0.989. The van der Waals surface area contributed by atoms with Crippen LogP contribution in [0.3, 0.4) is 0 Å². The van der Waals surface area contributed by atoms with E-state index in [0.29, 0.717) is 21.6 Å². The molecule has 5 nitrogen and oxygen atoms in total. The van der Waals surface area contributed by atoms with Crippen LogP contribution in [-0.2, 0) is 0 Å². The number of para-hydroxylation sites is 1. The minimum atomic E-state index is -0.305. The van der Waals surface area contributed by atoms with Gasteiger partial charge in [-0.25, -0.2) is 4.98 Å². The van der Waals surface area contributed by atoms with E-state index in [2.05, 4.69) is 10.3 Å². The van der Waals surface area contributed by atoms with Gasteiger partial charge in [-0.05, 0) is 30.3 Å². The molecule has 0 aliphatic rings. The highest BCUT2D eigenvalue weighted by molar-refractivity contribution is 6.30. The largest absolute Gasteiger partial charge is 0.333 e. The molecular weight excluding hydrogens is 276 g/mol. The van der Waals surface area contributed by atoms with Gasteiger partial charge in [0.25, 0.3) is 5.56 Å². The quantitative estimate of drug-likeness (QED) is 0.710. The average molecular weight is 287 g/mol. The monoisotopic (exact) mass is 286 g/mol. The Bertz CT molecular complexity index is 844. The lowest BCUT2D eigenvalue weighted by Gasteiger charge is -2.10. The lowest BCUT2D eigenvalue weighted by molar-refractivity contribution is 0.926. The zero-order valence-corrected chi connectivity index (χ0v) is 11.1. The molecule has 0 aliphatic carbocycles. The minimum absolute atomic E-state index is 0.260. The van der Waals surface area contributed by atoms with Crippen LogP contribution in [0.5, 0.6) is 0 Å². The molecule has 20 heavy (non-hydrogen) atoms. The lowest BCUT2D eigenvalue weighted by Crippen LogP contribution is -2.30. The van der Waals surface area contributed by atoms with Crippen LogP contribution in [0, 0.1) is 0 Å². The number of hydrogen-bond donors (Lipinski definition) is 2. The summed E-state index contributed by atoms with van der Waals surface area (Å²) in [6.45, 7) is 0. The summed E-state index contributed by atoms with van der Waals surface area (Å²) in [7, 11) is 0. The van der Waals surface area contributed by atoms with Crippen LogP contribution < -0.4 is 16.7 Å². The standard InChI is InChI=1S/C14H11ClN4O/c15-9-4-3-5-10(8-9)17-14-18-12-7-2-1-6-11(12)13(20)19(14)16/h1-8H,16H2,(H,17,18). The van der Waals surface area contributed by atoms with Gasteiger partial charge in [-0.1, -0.05) is 29.8 Å². The van der Waals surface area contributed by atoms with Gasteiger partial charge in [0.2, 0.25) is 5.95 Å². The van der Waals surface area contributed by atoms with Crippen LogP contribution in [0.1, 0.15) is 0 Å². The zero-order valence-electron chi connectivity index (χ0n) is 10.4. The summed E-state index contributed by atoms with van der Waals surface area (Å²) in [6, 6.07) is 14.1. The van der Waals surface area contributed by atoms with Gasteiger partial charge in [0.05, 0.1) is 10.9 Å². The highest BCUT2D eigenvalue weighted by Crippen LogP contribution is 2.19. The van der Waals surface area contributed by atoms with E-state index in [0.717, 1.165) is 4.68 Å². The van der Waals surface area contributed by atoms with Crippen LogP contribution in [0.4, 0.5) is 11.6 Å². The van der Waals surface area contributed by atoms with E-state index < -0.39 is 0 Å². The second-order valence-corrected chi connectivity index (χ2v) is 4.70. The van der Waals surface area contributed by atoms with Crippen molar-refractivity contribution in [2.24, 2.45) is 0 Å². The Balaban J connectivity index is 2.12. The number of benzene rings is 2. The molecule has 3 rings (SSSR count). The molecule has 0 atom stereocenters. The Hall–Kier alpha value is -2.53. The fourth-order valence-corrected chi connectivity index (χ4v) is 2.12. The first-order chi connectivity index (χ1) is 9.65. The van der Waals surface area contributed by atoms with Crippen molar-refractivity contribution in [3.8, 4) is 0 Å². The zero-order chi connectivity index (χ0) is 14.1. The molecule has 3 N–H and O–H groups in total. The molecule has 0 fully saturated rings. The van der Waals surface area contributed by atoms with E-state index in [9.17, 15) is 4.79 Å². The summed E-state index contributed by atoms with van der Waals surface area (Å²) < 4.78 is 0.989. The van der Waals surface area contributed by atoms with E-state index in [1.54, 1.807) is 36.4 Å². The number of nitrogens with one attached hydrogen (secondary N) is 1. The predicted octanol–water partition coefficient (Wildman–Crippen LogP) is 2.51. The third-order valence-corrected chi connectivity index (χ3v) is 3.12. The van der Waals surface area contributed by atoms with Gasteiger partial charge < -0.3 is 11.2 Å². The molecule has 2 aromatic carbocycles. The summed E-state index contributed by atoms with van der Waals surface area (Å²) in [6.07, 6.45) is 0. The minimum Gasteiger partial charge on any atom is -0.333 e. The molecule has 0 aliphatic heterocycles. The van der Waals surface area contributed by atoms with Crippen molar-refractivity contribution in [3.05, 3.63) is 63.9 Å². The van der Waals surface area contributed by atoms with E-state index >= 15 is 0 Å². The van der Waals surface area contributed by atoms with Gasteiger partial charge in [-0.15, -0.1) is 0 Å². The topological polar surface area (TPSA) is 72.9 Å². The van der Waals surface area contributed by atoms with E-state index in [-0.39, 0.29) is 11.5 Å². The van der Waals surface area contributed by atoms with Crippen LogP contribution in [0.25, 0.3) is 10.9 Å². The maximum absolute atomic E-state index is 12.1. The van der Waals surface area contributed by atoms with Crippen molar-refractivity contribution in [2.45, 2.75) is 0 Å². The fraction of sp³-hybridized carbons (Fsp3) is 0. The van der Waals surface area contributed by atoms with Gasteiger partial charge in [-0.3, -0.25) is 4.79 Å². The van der Waals surface area contributed by atoms with Gasteiger partial charge >= 0.3 is 0 Å². The molecule has 1 aromatic heterocycles. The summed E-state index contributed by atoms with van der Waals surface area (Å²) in [4.78, 5) is 16.5. The van der Waals surface area contributed by atoms with Gasteiger partial charge in [0.1, 0.15) is 0 Å². The van der Waals surface area contributed by atoms with E-state index in [4.69, 9.17) is 17.4 Å². The normalized spacial score (nSPS) is 10.7. The Kier molecular flexibility index (Phi) is 3.04. The molecule has 3 aromatic rings. The summed E-state index contributed by atoms with van der Waals surface area (Å²) in [5.74, 6) is 6.04. The number of nitrogen functional groups attached to an aromatic ring is 1. The number of hydrogen-bond acceptors (Lipinski definition) is 4. The van der Waals surface area contributed by atoms with Gasteiger partial charge in [0.15, 0.2) is 0 Å². The molecule has 0 saturated carbocycles. The van der Waals surface area contributed by atoms with Crippen LogP contribution in [-0.4, -0.2) is 9.66 Å². The van der Waals surface area contributed by atoms with Crippen LogP contribution in [0.2, 0.25) is 5.02 Å². The summed E-state index contributed by atoms with van der Waals surface area (Å²) in [5, 5.41) is 4.05. The number of nitrogens with two attached hydrogens (primary N) is 1. The van der Waals surface area contributed by atoms with E-state index in [1.807, 2.05) is 12.1 Å². The Morgan fingerprint density at radius 2 is 1.95 bits per heavy atom. The number of nitrogens with zero attached hydrogens (tertiary/aromatic N) is 2. The Morgan fingerprint density at radius 1 is 1.15 bits per heavy atom. The molecule has 0 unspecified atom stereocenters. The van der Waals surface area contributed by atoms with Crippen molar-refractivity contribution >= 4 is 34.1 Å². The van der Waals surface area contributed by atoms with Crippen LogP contribution >= 0.6 is 11.6 Å². The lowest BCUT2D eigenvalue weighted by atomic mass is 10.2. The maximum Gasteiger partial charge on any atom is 0.281 e. The molecule has 0 amide bonds. The first-order valence-corrected chi connectivity index (χ1v) is 6.32. The van der Waals surface area contributed by atoms with Crippen molar-refractivity contribution < 1.29 is 0 Å². The number of rotatable bonds is 2. The highest BCUT2D eigenvalue weighted by atomic mass is 35.5. The number of halogens is 1. The SMILES string of the molecule is Nn1c(Nc2cccc(Cl)c2)nc2ccccc2c1=O. The molecule has 0 bridgehead atoms. The van der Waals surface area contributed by atoms with Crippen molar-refractivity contribution in [1.29, 1.82) is 0 Å². The fourth-order valence-electron chi connectivity index (χ4n) is 1.93. The average Bonchev–Trinajstić information content (AvgIpc) is 2.45. The summed E-state index contributed by atoms with van der Waals surface area (Å²) >= 11 is 5.92. The smallest absolute Gasteiger partial charge is 0.281 e. The number of aromatic nitrogens is 2. The first kappa shape index (κ1) is 12.5. The highest BCUT2D eigenvalue weighted by Gasteiger charge is 2.08. The first-order valence-electron chi connectivity index (χ1n) is 5.94. The second kappa shape index (κ2) is 4.86.